The number of fused-ring (bicyclic) bond motifs is 3. The Balaban J connectivity index is 2.20. The fourth-order valence-corrected chi connectivity index (χ4v) is 2.87. The molecule has 0 saturated carbocycles. The van der Waals surface area contributed by atoms with Gasteiger partial charge in [0.2, 0.25) is 0 Å². The van der Waals surface area contributed by atoms with Gasteiger partial charge in [0.25, 0.3) is 0 Å². The SMILES string of the molecule is [C-]#[N+]c1ccc2c(c1)CCCCc1cc([N+]#[C-])ccc1-2. The molecule has 0 heterocycles. The zero-order valence-electron chi connectivity index (χ0n) is 11.2. The lowest BCUT2D eigenvalue weighted by atomic mass is 9.87. The lowest BCUT2D eigenvalue weighted by Gasteiger charge is -2.18. The van der Waals surface area contributed by atoms with Gasteiger partial charge in [-0.25, -0.2) is 9.69 Å². The first-order valence-electron chi connectivity index (χ1n) is 6.83. The van der Waals surface area contributed by atoms with E-state index in [0.717, 1.165) is 25.7 Å². The van der Waals surface area contributed by atoms with E-state index in [-0.39, 0.29) is 0 Å². The second kappa shape index (κ2) is 5.19. The molecule has 0 unspecified atom stereocenters. The van der Waals surface area contributed by atoms with Crippen LogP contribution in [0.15, 0.2) is 36.4 Å². The molecule has 20 heavy (non-hydrogen) atoms. The number of aryl methyl sites for hydroxylation is 2. The van der Waals surface area contributed by atoms with E-state index in [1.807, 2.05) is 24.3 Å². The number of benzene rings is 2. The van der Waals surface area contributed by atoms with Crippen LogP contribution >= 0.6 is 0 Å². The summed E-state index contributed by atoms with van der Waals surface area (Å²) in [6.45, 7) is 14.3. The van der Waals surface area contributed by atoms with Gasteiger partial charge in [-0.2, -0.15) is 0 Å². The van der Waals surface area contributed by atoms with E-state index < -0.39 is 0 Å². The van der Waals surface area contributed by atoms with Crippen molar-refractivity contribution in [2.75, 3.05) is 0 Å². The summed E-state index contributed by atoms with van der Waals surface area (Å²) >= 11 is 0. The molecule has 0 N–H and O–H groups in total. The predicted molar refractivity (Wildman–Crippen MR) is 81.0 cm³/mol. The number of hydrogen-bond donors (Lipinski definition) is 0. The zero-order valence-corrected chi connectivity index (χ0v) is 11.2. The molecule has 1 aliphatic carbocycles. The number of rotatable bonds is 0. The van der Waals surface area contributed by atoms with Gasteiger partial charge >= 0.3 is 0 Å². The zero-order chi connectivity index (χ0) is 13.9. The lowest BCUT2D eigenvalue weighted by Crippen LogP contribution is -1.99. The summed E-state index contributed by atoms with van der Waals surface area (Å²) in [5.74, 6) is 0. The largest absolute Gasteiger partial charge is 0.238 e. The van der Waals surface area contributed by atoms with Gasteiger partial charge in [0, 0.05) is 0 Å². The highest BCUT2D eigenvalue weighted by atomic mass is 14.6. The molecule has 0 bridgehead atoms. The van der Waals surface area contributed by atoms with E-state index in [1.54, 1.807) is 0 Å². The molecule has 2 aromatic rings. The average molecular weight is 258 g/mol. The first-order valence-corrected chi connectivity index (χ1v) is 6.83. The summed E-state index contributed by atoms with van der Waals surface area (Å²) in [6, 6.07) is 11.9. The minimum atomic E-state index is 0.712. The van der Waals surface area contributed by atoms with Gasteiger partial charge in [-0.1, -0.05) is 47.5 Å². The Kier molecular flexibility index (Phi) is 3.23. The Morgan fingerprint density at radius 1 is 0.700 bits per heavy atom. The van der Waals surface area contributed by atoms with Crippen molar-refractivity contribution >= 4 is 11.4 Å². The van der Waals surface area contributed by atoms with Crippen LogP contribution in [0.2, 0.25) is 0 Å². The van der Waals surface area contributed by atoms with E-state index in [2.05, 4.69) is 21.8 Å². The van der Waals surface area contributed by atoms with Gasteiger partial charge in [-0.3, -0.25) is 0 Å². The van der Waals surface area contributed by atoms with Crippen molar-refractivity contribution < 1.29 is 0 Å². The van der Waals surface area contributed by atoms with Crippen LogP contribution in [-0.4, -0.2) is 0 Å². The van der Waals surface area contributed by atoms with E-state index >= 15 is 0 Å². The second-order valence-corrected chi connectivity index (χ2v) is 5.11. The second-order valence-electron chi connectivity index (χ2n) is 5.11. The van der Waals surface area contributed by atoms with Crippen molar-refractivity contribution in [2.45, 2.75) is 25.7 Å². The molecule has 1 aliphatic rings. The van der Waals surface area contributed by atoms with Crippen LogP contribution < -0.4 is 0 Å². The van der Waals surface area contributed by atoms with Crippen molar-refractivity contribution in [3.63, 3.8) is 0 Å². The molecule has 0 aromatic heterocycles. The molecule has 2 nitrogen and oxygen atoms in total. The normalized spacial score (nSPS) is 13.1. The highest BCUT2D eigenvalue weighted by molar-refractivity contribution is 5.75. The summed E-state index contributed by atoms with van der Waals surface area (Å²) in [6.07, 6.45) is 4.33. The molecule has 96 valence electrons. The summed E-state index contributed by atoms with van der Waals surface area (Å²) < 4.78 is 0. The molecule has 0 spiro atoms. The Morgan fingerprint density at radius 3 is 1.55 bits per heavy atom. The Morgan fingerprint density at radius 2 is 1.15 bits per heavy atom. The van der Waals surface area contributed by atoms with Crippen molar-refractivity contribution in [3.05, 3.63) is 70.4 Å². The first-order chi connectivity index (χ1) is 9.81. The molecule has 0 atom stereocenters. The standard InChI is InChI=1S/C18H14N2/c1-19-15-7-9-17-13(11-15)5-3-4-6-14-12-16(20-2)8-10-18(14)17/h7-12H,3-6H2. The Bertz CT molecular complexity index is 679. The maximum absolute atomic E-state index is 7.15. The van der Waals surface area contributed by atoms with Crippen LogP contribution in [-0.2, 0) is 12.8 Å². The molecule has 0 fully saturated rings. The first kappa shape index (κ1) is 12.5. The minimum Gasteiger partial charge on any atom is -0.238 e. The highest BCUT2D eigenvalue weighted by Crippen LogP contribution is 2.35. The summed E-state index contributed by atoms with van der Waals surface area (Å²) in [7, 11) is 0. The third-order valence-corrected chi connectivity index (χ3v) is 3.87. The van der Waals surface area contributed by atoms with E-state index in [1.165, 1.54) is 22.3 Å². The van der Waals surface area contributed by atoms with Crippen molar-refractivity contribution in [1.29, 1.82) is 0 Å². The third kappa shape index (κ3) is 2.17. The van der Waals surface area contributed by atoms with Crippen LogP contribution in [0.3, 0.4) is 0 Å². The molecular weight excluding hydrogens is 244 g/mol. The lowest BCUT2D eigenvalue weighted by molar-refractivity contribution is 0.730. The van der Waals surface area contributed by atoms with Gasteiger partial charge in [0.05, 0.1) is 13.1 Å². The van der Waals surface area contributed by atoms with Crippen LogP contribution in [0, 0.1) is 13.1 Å². The molecule has 0 amide bonds. The highest BCUT2D eigenvalue weighted by Gasteiger charge is 2.14. The van der Waals surface area contributed by atoms with Crippen molar-refractivity contribution in [2.24, 2.45) is 0 Å². The predicted octanol–water partition coefficient (Wildman–Crippen LogP) is 5.33. The Labute approximate surface area is 119 Å². The minimum absolute atomic E-state index is 0.712. The number of hydrogen-bond acceptors (Lipinski definition) is 0. The smallest absolute Gasteiger partial charge is 0.187 e. The molecule has 0 saturated heterocycles. The van der Waals surface area contributed by atoms with Crippen LogP contribution in [0.25, 0.3) is 20.8 Å². The molecule has 2 aromatic carbocycles. The monoisotopic (exact) mass is 258 g/mol. The fourth-order valence-electron chi connectivity index (χ4n) is 2.87. The van der Waals surface area contributed by atoms with E-state index in [0.29, 0.717) is 11.4 Å². The van der Waals surface area contributed by atoms with Gasteiger partial charge in [-0.05, 0) is 36.8 Å². The van der Waals surface area contributed by atoms with Crippen LogP contribution in [0.1, 0.15) is 24.0 Å². The molecular formula is C18H14N2. The quantitative estimate of drug-likeness (QED) is 0.564. The van der Waals surface area contributed by atoms with Crippen LogP contribution in [0.4, 0.5) is 11.4 Å². The Hall–Kier alpha value is -2.58. The summed E-state index contributed by atoms with van der Waals surface area (Å²) in [4.78, 5) is 7.05. The third-order valence-electron chi connectivity index (χ3n) is 3.87. The van der Waals surface area contributed by atoms with Crippen LogP contribution in [0.5, 0.6) is 0 Å². The van der Waals surface area contributed by atoms with Crippen molar-refractivity contribution in [1.82, 2.24) is 0 Å². The van der Waals surface area contributed by atoms with Gasteiger partial charge in [-0.15, -0.1) is 0 Å². The molecule has 0 aliphatic heterocycles. The average Bonchev–Trinajstić information content (AvgIpc) is 2.49. The molecule has 0 radical (unpaired) electrons. The maximum Gasteiger partial charge on any atom is 0.187 e. The summed E-state index contributed by atoms with van der Waals surface area (Å²) in [5.41, 5.74) is 6.39. The molecule has 2 heteroatoms. The maximum atomic E-state index is 7.15. The molecule has 3 rings (SSSR count). The summed E-state index contributed by atoms with van der Waals surface area (Å²) in [5, 5.41) is 0. The van der Waals surface area contributed by atoms with Gasteiger partial charge in [0.15, 0.2) is 11.4 Å². The topological polar surface area (TPSA) is 8.72 Å². The van der Waals surface area contributed by atoms with E-state index in [4.69, 9.17) is 13.1 Å². The number of nitrogens with zero attached hydrogens (tertiary/aromatic N) is 2. The fraction of sp³-hybridized carbons (Fsp3) is 0.222. The van der Waals surface area contributed by atoms with Gasteiger partial charge < -0.3 is 0 Å². The van der Waals surface area contributed by atoms with Crippen molar-refractivity contribution in [3.8, 4) is 11.1 Å². The van der Waals surface area contributed by atoms with E-state index in [9.17, 15) is 0 Å². The van der Waals surface area contributed by atoms with Gasteiger partial charge in [0.1, 0.15) is 0 Å².